The van der Waals surface area contributed by atoms with Crippen molar-refractivity contribution in [3.05, 3.63) is 52.3 Å². The van der Waals surface area contributed by atoms with E-state index in [-0.39, 0.29) is 23.6 Å². The number of amides is 2. The van der Waals surface area contributed by atoms with Gasteiger partial charge in [-0.2, -0.15) is 11.3 Å². The Bertz CT molecular complexity index is 887. The Morgan fingerprint density at radius 3 is 2.92 bits per heavy atom. The molecule has 0 atom stereocenters. The maximum Gasteiger partial charge on any atom is 0.250 e. The lowest BCUT2D eigenvalue weighted by Gasteiger charge is -2.07. The molecule has 3 aromatic rings. The van der Waals surface area contributed by atoms with E-state index in [0.29, 0.717) is 17.3 Å². The molecule has 0 aromatic carbocycles. The van der Waals surface area contributed by atoms with E-state index in [2.05, 4.69) is 15.3 Å². The molecule has 0 saturated carbocycles. The van der Waals surface area contributed by atoms with Gasteiger partial charge in [0.05, 0.1) is 29.6 Å². The van der Waals surface area contributed by atoms with Gasteiger partial charge in [-0.3, -0.25) is 14.6 Å². The first kappa shape index (κ1) is 15.9. The molecule has 0 bridgehead atoms. The summed E-state index contributed by atoms with van der Waals surface area (Å²) in [5, 5.41) is 6.48. The summed E-state index contributed by atoms with van der Waals surface area (Å²) in [6.07, 6.45) is 2.83. The summed E-state index contributed by atoms with van der Waals surface area (Å²) in [5.74, 6) is 0.0900. The van der Waals surface area contributed by atoms with Crippen LogP contribution in [0.3, 0.4) is 0 Å². The number of primary amides is 1. The molecule has 3 N–H and O–H groups in total. The minimum absolute atomic E-state index is 0.0204. The number of carbonyl (C=O) groups excluding carboxylic acids is 2. The highest BCUT2D eigenvalue weighted by Gasteiger charge is 2.16. The summed E-state index contributed by atoms with van der Waals surface area (Å²) in [4.78, 5) is 31.9. The Labute approximate surface area is 141 Å². The van der Waals surface area contributed by atoms with Crippen molar-refractivity contribution in [3.63, 3.8) is 0 Å². The number of nitrogens with one attached hydrogen (secondary N) is 1. The van der Waals surface area contributed by atoms with Gasteiger partial charge in [0.2, 0.25) is 11.8 Å². The lowest BCUT2D eigenvalue weighted by molar-refractivity contribution is -0.115. The number of aryl methyl sites for hydroxylation is 1. The van der Waals surface area contributed by atoms with E-state index < -0.39 is 5.91 Å². The van der Waals surface area contributed by atoms with Gasteiger partial charge in [-0.05, 0) is 24.4 Å². The summed E-state index contributed by atoms with van der Waals surface area (Å²) in [6.45, 7) is 1.75. The first-order chi connectivity index (χ1) is 11.5. The number of hydrogen-bond acceptors (Lipinski definition) is 6. The topological polar surface area (TPSA) is 111 Å². The van der Waals surface area contributed by atoms with Crippen LogP contribution in [0.25, 0.3) is 11.5 Å². The van der Waals surface area contributed by atoms with Crippen molar-refractivity contribution in [2.75, 3.05) is 5.32 Å². The Hall–Kier alpha value is -3.00. The van der Waals surface area contributed by atoms with Crippen molar-refractivity contribution in [2.45, 2.75) is 13.3 Å². The Morgan fingerprint density at radius 1 is 1.38 bits per heavy atom. The van der Waals surface area contributed by atoms with Gasteiger partial charge in [-0.25, -0.2) is 4.98 Å². The number of oxazole rings is 1. The maximum absolute atomic E-state index is 12.2. The fraction of sp³-hybridized carbons (Fsp3) is 0.125. The number of nitrogens with two attached hydrogens (primary N) is 1. The molecule has 24 heavy (non-hydrogen) atoms. The molecule has 0 aliphatic rings. The van der Waals surface area contributed by atoms with Crippen LogP contribution in [0.15, 0.2) is 39.7 Å². The number of anilines is 1. The van der Waals surface area contributed by atoms with Crippen LogP contribution in [-0.2, 0) is 11.2 Å². The third-order valence-corrected chi connectivity index (χ3v) is 4.03. The monoisotopic (exact) mass is 342 g/mol. The molecule has 0 saturated heterocycles. The summed E-state index contributed by atoms with van der Waals surface area (Å²) in [6, 6.07) is 3.35. The highest BCUT2D eigenvalue weighted by Crippen LogP contribution is 2.24. The zero-order valence-electron chi connectivity index (χ0n) is 12.8. The second-order valence-corrected chi connectivity index (χ2v) is 5.82. The number of rotatable bonds is 5. The van der Waals surface area contributed by atoms with Gasteiger partial charge in [-0.1, -0.05) is 0 Å². The molecule has 0 aliphatic heterocycles. The standard InChI is InChI=1S/C16H14N4O3S/c1-9-12(20-16(23-9)10-3-5-24-8-10)6-14(21)19-13-7-18-4-2-11(13)15(17)22/h2-5,7-8H,6H2,1H3,(H2,17,22)(H,19,21). The van der Waals surface area contributed by atoms with Gasteiger partial charge in [0, 0.05) is 17.1 Å². The fourth-order valence-electron chi connectivity index (χ4n) is 2.16. The number of hydrogen-bond donors (Lipinski definition) is 2. The van der Waals surface area contributed by atoms with Crippen molar-refractivity contribution >= 4 is 28.8 Å². The van der Waals surface area contributed by atoms with E-state index in [0.717, 1.165) is 5.56 Å². The lowest BCUT2D eigenvalue weighted by atomic mass is 10.2. The van der Waals surface area contributed by atoms with Crippen molar-refractivity contribution < 1.29 is 14.0 Å². The largest absolute Gasteiger partial charge is 0.441 e. The van der Waals surface area contributed by atoms with Crippen LogP contribution in [0.4, 0.5) is 5.69 Å². The first-order valence-electron chi connectivity index (χ1n) is 7.07. The van der Waals surface area contributed by atoms with Gasteiger partial charge in [-0.15, -0.1) is 0 Å². The van der Waals surface area contributed by atoms with Crippen LogP contribution >= 0.6 is 11.3 Å². The van der Waals surface area contributed by atoms with Crippen LogP contribution in [0.2, 0.25) is 0 Å². The second-order valence-electron chi connectivity index (χ2n) is 5.04. The smallest absolute Gasteiger partial charge is 0.250 e. The minimum atomic E-state index is -0.634. The number of aromatic nitrogens is 2. The molecule has 0 unspecified atom stereocenters. The molecule has 0 aliphatic carbocycles. The van der Waals surface area contributed by atoms with Crippen molar-refractivity contribution in [2.24, 2.45) is 5.73 Å². The van der Waals surface area contributed by atoms with Crippen LogP contribution in [-0.4, -0.2) is 21.8 Å². The van der Waals surface area contributed by atoms with Gasteiger partial charge in [0.25, 0.3) is 5.91 Å². The molecule has 0 radical (unpaired) electrons. The molecule has 2 amide bonds. The molecule has 8 heteroatoms. The third-order valence-electron chi connectivity index (χ3n) is 3.35. The van der Waals surface area contributed by atoms with Crippen LogP contribution in [0.5, 0.6) is 0 Å². The van der Waals surface area contributed by atoms with Crippen LogP contribution in [0, 0.1) is 6.92 Å². The van der Waals surface area contributed by atoms with Crippen molar-refractivity contribution in [1.29, 1.82) is 0 Å². The number of pyridine rings is 1. The zero-order chi connectivity index (χ0) is 17.1. The van der Waals surface area contributed by atoms with E-state index in [1.54, 1.807) is 6.92 Å². The minimum Gasteiger partial charge on any atom is -0.441 e. The Kier molecular flexibility index (Phi) is 4.39. The molecular weight excluding hydrogens is 328 g/mol. The average Bonchev–Trinajstić information content (AvgIpc) is 3.18. The predicted molar refractivity (Wildman–Crippen MR) is 89.6 cm³/mol. The average molecular weight is 342 g/mol. The Morgan fingerprint density at radius 2 is 2.21 bits per heavy atom. The third kappa shape index (κ3) is 3.33. The summed E-state index contributed by atoms with van der Waals surface area (Å²) >= 11 is 1.54. The van der Waals surface area contributed by atoms with Gasteiger partial charge in [0.1, 0.15) is 5.76 Å². The molecule has 7 nitrogen and oxygen atoms in total. The van der Waals surface area contributed by atoms with E-state index >= 15 is 0 Å². The van der Waals surface area contributed by atoms with Crippen LogP contribution < -0.4 is 11.1 Å². The molecule has 0 fully saturated rings. The van der Waals surface area contributed by atoms with E-state index in [9.17, 15) is 9.59 Å². The molecular formula is C16H14N4O3S. The SMILES string of the molecule is Cc1oc(-c2ccsc2)nc1CC(=O)Nc1cnccc1C(N)=O. The highest BCUT2D eigenvalue weighted by atomic mass is 32.1. The second kappa shape index (κ2) is 6.63. The number of carbonyl (C=O) groups is 2. The molecule has 0 spiro atoms. The normalized spacial score (nSPS) is 10.5. The summed E-state index contributed by atoms with van der Waals surface area (Å²) < 4.78 is 5.60. The quantitative estimate of drug-likeness (QED) is 0.739. The molecule has 3 rings (SSSR count). The fourth-order valence-corrected chi connectivity index (χ4v) is 2.79. The molecule has 3 aromatic heterocycles. The van der Waals surface area contributed by atoms with Gasteiger partial charge >= 0.3 is 0 Å². The molecule has 3 heterocycles. The van der Waals surface area contributed by atoms with Crippen molar-refractivity contribution in [1.82, 2.24) is 9.97 Å². The maximum atomic E-state index is 12.2. The van der Waals surface area contributed by atoms with E-state index in [4.69, 9.17) is 10.2 Å². The van der Waals surface area contributed by atoms with Gasteiger partial charge < -0.3 is 15.5 Å². The summed E-state index contributed by atoms with van der Waals surface area (Å²) in [5.41, 5.74) is 7.17. The summed E-state index contributed by atoms with van der Waals surface area (Å²) in [7, 11) is 0. The van der Waals surface area contributed by atoms with Crippen LogP contribution in [0.1, 0.15) is 21.8 Å². The predicted octanol–water partition coefficient (Wildman–Crippen LogP) is 2.39. The van der Waals surface area contributed by atoms with E-state index in [1.165, 1.54) is 29.8 Å². The van der Waals surface area contributed by atoms with E-state index in [1.807, 2.05) is 16.8 Å². The van der Waals surface area contributed by atoms with Crippen molar-refractivity contribution in [3.8, 4) is 11.5 Å². The Balaban J connectivity index is 1.75. The highest BCUT2D eigenvalue weighted by molar-refractivity contribution is 7.08. The number of nitrogens with zero attached hydrogens (tertiary/aromatic N) is 2. The zero-order valence-corrected chi connectivity index (χ0v) is 13.6. The number of thiophene rings is 1. The molecule has 122 valence electrons. The lowest BCUT2D eigenvalue weighted by Crippen LogP contribution is -2.20. The first-order valence-corrected chi connectivity index (χ1v) is 8.01. The van der Waals surface area contributed by atoms with Gasteiger partial charge in [0.15, 0.2) is 0 Å².